The Kier molecular flexibility index (Phi) is 13.4. The molecule has 0 aliphatic rings. The third-order valence-corrected chi connectivity index (χ3v) is 1.85. The van der Waals surface area contributed by atoms with Gasteiger partial charge in [-0.05, 0) is 25.5 Å². The molecule has 4 N–H and O–H groups in total. The first kappa shape index (κ1) is 21.9. The van der Waals surface area contributed by atoms with E-state index >= 15 is 0 Å². The molecular weight excluding hydrogens is 288 g/mol. The predicted molar refractivity (Wildman–Crippen MR) is 84.3 cm³/mol. The lowest BCUT2D eigenvalue weighted by molar-refractivity contribution is -0.133. The van der Waals surface area contributed by atoms with Crippen LogP contribution in [0.2, 0.25) is 0 Å². The lowest BCUT2D eigenvalue weighted by atomic mass is 10.2. The Bertz CT molecular complexity index is 465. The Morgan fingerprint density at radius 1 is 1.23 bits per heavy atom. The smallest absolute Gasteiger partial charge is 0.330 e. The Hall–Kier alpha value is -2.44. The maximum Gasteiger partial charge on any atom is 0.330 e. The maximum atomic E-state index is 10.1. The summed E-state index contributed by atoms with van der Waals surface area (Å²) < 4.78 is 0. The van der Waals surface area contributed by atoms with Crippen LogP contribution in [0.3, 0.4) is 0 Å². The third kappa shape index (κ3) is 17.6. The van der Waals surface area contributed by atoms with Crippen LogP contribution in [0.4, 0.5) is 0 Å². The van der Waals surface area contributed by atoms with E-state index in [2.05, 4.69) is 6.58 Å². The van der Waals surface area contributed by atoms with Crippen molar-refractivity contribution in [3.05, 3.63) is 54.1 Å². The summed E-state index contributed by atoms with van der Waals surface area (Å²) in [4.78, 5) is 19.7. The van der Waals surface area contributed by atoms with E-state index < -0.39 is 18.0 Å². The van der Waals surface area contributed by atoms with Crippen LogP contribution >= 0.6 is 0 Å². The first-order valence-electron chi connectivity index (χ1n) is 6.34. The van der Waals surface area contributed by atoms with E-state index in [1.165, 1.54) is 13.8 Å². The van der Waals surface area contributed by atoms with Crippen molar-refractivity contribution in [1.29, 1.82) is 0 Å². The van der Waals surface area contributed by atoms with Gasteiger partial charge < -0.3 is 20.4 Å². The van der Waals surface area contributed by atoms with E-state index in [0.29, 0.717) is 0 Å². The number of hydrogen-bond donors (Lipinski definition) is 4. The number of aliphatic hydroxyl groups is 2. The molecule has 1 unspecified atom stereocenters. The van der Waals surface area contributed by atoms with Gasteiger partial charge in [-0.25, -0.2) is 9.59 Å². The average molecular weight is 310 g/mol. The first-order chi connectivity index (χ1) is 10.2. The number of hydrogen-bond acceptors (Lipinski definition) is 4. The number of aliphatic hydroxyl groups excluding tert-OH is 2. The van der Waals surface area contributed by atoms with Crippen molar-refractivity contribution in [2.24, 2.45) is 0 Å². The highest BCUT2D eigenvalue weighted by molar-refractivity contribution is 5.85. The van der Waals surface area contributed by atoms with Crippen LogP contribution in [0, 0.1) is 0 Å². The molecule has 6 nitrogen and oxygen atoms in total. The Morgan fingerprint density at radius 3 is 1.91 bits per heavy atom. The fourth-order valence-electron chi connectivity index (χ4n) is 0.732. The van der Waals surface area contributed by atoms with Crippen molar-refractivity contribution in [1.82, 2.24) is 0 Å². The second-order valence-electron chi connectivity index (χ2n) is 4.20. The van der Waals surface area contributed by atoms with Crippen LogP contribution in [0.25, 0.3) is 6.08 Å². The normalized spacial score (nSPS) is 10.5. The summed E-state index contributed by atoms with van der Waals surface area (Å²) in [5, 5.41) is 32.2. The summed E-state index contributed by atoms with van der Waals surface area (Å²) in [6.07, 6.45) is 2.12. The molecule has 0 fully saturated rings. The van der Waals surface area contributed by atoms with E-state index in [0.717, 1.165) is 11.6 Å². The van der Waals surface area contributed by atoms with Gasteiger partial charge in [0.05, 0.1) is 12.7 Å². The standard InChI is InChI=1S/C9H8O2.C4H6O2.C3H8O2/c10-9(11)7-6-8-4-2-1-3-5-8;1-3(2)4(5)6;1-3(5)2-4/h1-7H,(H,10,11);1H2,2H3,(H,5,6);3-5H,2H2,1H3. The molecule has 0 aliphatic heterocycles. The van der Waals surface area contributed by atoms with Crippen LogP contribution < -0.4 is 0 Å². The topological polar surface area (TPSA) is 115 Å². The summed E-state index contributed by atoms with van der Waals surface area (Å²) in [7, 11) is 0. The molecule has 1 aromatic carbocycles. The quantitative estimate of drug-likeness (QED) is 0.630. The van der Waals surface area contributed by atoms with Gasteiger partial charge in [0.1, 0.15) is 0 Å². The largest absolute Gasteiger partial charge is 0.478 e. The van der Waals surface area contributed by atoms with Crippen molar-refractivity contribution in [2.45, 2.75) is 20.0 Å². The highest BCUT2D eigenvalue weighted by atomic mass is 16.4. The van der Waals surface area contributed by atoms with Crippen LogP contribution in [0.1, 0.15) is 19.4 Å². The summed E-state index contributed by atoms with van der Waals surface area (Å²) in [5.41, 5.74) is 1.07. The average Bonchev–Trinajstić information content (AvgIpc) is 2.47. The van der Waals surface area contributed by atoms with Crippen LogP contribution in [0.5, 0.6) is 0 Å². The summed E-state index contributed by atoms with van der Waals surface area (Å²) in [6, 6.07) is 9.31. The first-order valence-corrected chi connectivity index (χ1v) is 6.34. The van der Waals surface area contributed by atoms with Gasteiger partial charge in [-0.2, -0.15) is 0 Å². The van der Waals surface area contributed by atoms with Crippen LogP contribution in [0.15, 0.2) is 48.6 Å². The number of carboxylic acids is 2. The van der Waals surface area contributed by atoms with Crippen molar-refractivity contribution in [2.75, 3.05) is 6.61 Å². The van der Waals surface area contributed by atoms with Gasteiger partial charge in [0.15, 0.2) is 0 Å². The lowest BCUT2D eigenvalue weighted by Crippen LogP contribution is -2.03. The minimum absolute atomic E-state index is 0.139. The predicted octanol–water partition coefficient (Wildman–Crippen LogP) is 1.79. The Labute approximate surface area is 129 Å². The number of carboxylic acid groups (broad SMARTS) is 2. The number of benzene rings is 1. The molecule has 0 radical (unpaired) electrons. The van der Waals surface area contributed by atoms with E-state index in [1.807, 2.05) is 30.3 Å². The fourth-order valence-corrected chi connectivity index (χ4v) is 0.732. The summed E-state index contributed by atoms with van der Waals surface area (Å²) >= 11 is 0. The third-order valence-electron chi connectivity index (χ3n) is 1.85. The Morgan fingerprint density at radius 2 is 1.64 bits per heavy atom. The van der Waals surface area contributed by atoms with Crippen molar-refractivity contribution in [3.8, 4) is 0 Å². The van der Waals surface area contributed by atoms with Crippen LogP contribution in [-0.4, -0.2) is 45.1 Å². The van der Waals surface area contributed by atoms with Crippen LogP contribution in [-0.2, 0) is 9.59 Å². The fraction of sp³-hybridized carbons (Fsp3) is 0.250. The zero-order valence-electron chi connectivity index (χ0n) is 12.6. The molecule has 22 heavy (non-hydrogen) atoms. The Balaban J connectivity index is 0. The number of carbonyl (C=O) groups is 2. The minimum Gasteiger partial charge on any atom is -0.478 e. The van der Waals surface area contributed by atoms with E-state index in [1.54, 1.807) is 6.08 Å². The van der Waals surface area contributed by atoms with E-state index in [-0.39, 0.29) is 12.2 Å². The monoisotopic (exact) mass is 310 g/mol. The van der Waals surface area contributed by atoms with E-state index in [9.17, 15) is 9.59 Å². The van der Waals surface area contributed by atoms with Gasteiger partial charge in [0, 0.05) is 11.6 Å². The van der Waals surface area contributed by atoms with E-state index in [4.69, 9.17) is 20.4 Å². The zero-order valence-corrected chi connectivity index (χ0v) is 12.6. The van der Waals surface area contributed by atoms with Gasteiger partial charge in [-0.15, -0.1) is 0 Å². The molecule has 0 bridgehead atoms. The molecule has 122 valence electrons. The molecule has 0 saturated carbocycles. The van der Waals surface area contributed by atoms with Crippen molar-refractivity contribution in [3.63, 3.8) is 0 Å². The van der Waals surface area contributed by atoms with Gasteiger partial charge in [0.25, 0.3) is 0 Å². The van der Waals surface area contributed by atoms with Gasteiger partial charge >= 0.3 is 11.9 Å². The lowest BCUT2D eigenvalue weighted by Gasteiger charge is -1.90. The molecule has 0 aliphatic carbocycles. The molecule has 1 atom stereocenters. The second kappa shape index (κ2) is 13.5. The molecule has 0 saturated heterocycles. The minimum atomic E-state index is -0.935. The van der Waals surface area contributed by atoms with Gasteiger partial charge in [-0.3, -0.25) is 0 Å². The highest BCUT2D eigenvalue weighted by Gasteiger charge is 1.90. The number of aliphatic carboxylic acids is 2. The van der Waals surface area contributed by atoms with Crippen molar-refractivity contribution < 1.29 is 30.0 Å². The molecular formula is C16H22O6. The molecule has 6 heteroatoms. The van der Waals surface area contributed by atoms with Gasteiger partial charge in [0.2, 0.25) is 0 Å². The molecule has 0 amide bonds. The highest BCUT2D eigenvalue weighted by Crippen LogP contribution is 1.99. The molecule has 1 rings (SSSR count). The zero-order chi connectivity index (χ0) is 17.5. The van der Waals surface area contributed by atoms with Crippen molar-refractivity contribution >= 4 is 18.0 Å². The molecule has 0 aromatic heterocycles. The summed E-state index contributed by atoms with van der Waals surface area (Å²) in [6.45, 7) is 5.99. The SMILES string of the molecule is C=C(C)C(=O)O.CC(O)CO.O=C(O)C=Cc1ccccc1. The van der Waals surface area contributed by atoms with Gasteiger partial charge in [-0.1, -0.05) is 36.9 Å². The number of rotatable bonds is 4. The molecule has 0 heterocycles. The summed E-state index contributed by atoms with van der Waals surface area (Å²) in [5.74, 6) is -1.86. The molecule has 0 spiro atoms. The molecule has 1 aromatic rings. The second-order valence-corrected chi connectivity index (χ2v) is 4.20. The maximum absolute atomic E-state index is 10.1.